The quantitative estimate of drug-likeness (QED) is 0.825. The van der Waals surface area contributed by atoms with Gasteiger partial charge in [0.05, 0.1) is 0 Å². The Kier molecular flexibility index (Phi) is 5.92. The topological polar surface area (TPSA) is 15.3 Å². The van der Waals surface area contributed by atoms with Crippen LogP contribution in [0.2, 0.25) is 0 Å². The highest BCUT2D eigenvalue weighted by molar-refractivity contribution is 4.91. The fraction of sp³-hybridized carbons (Fsp3) is 1.00. The fourth-order valence-corrected chi connectivity index (χ4v) is 4.18. The van der Waals surface area contributed by atoms with Gasteiger partial charge in [0.1, 0.15) is 0 Å². The van der Waals surface area contributed by atoms with Gasteiger partial charge in [-0.3, -0.25) is 4.90 Å². The SMILES string of the molecule is CCC(C)C1CN(CC2CCCC2C)C(C(C)C)CN1. The van der Waals surface area contributed by atoms with Gasteiger partial charge in [0, 0.05) is 31.7 Å². The van der Waals surface area contributed by atoms with E-state index >= 15 is 0 Å². The second kappa shape index (κ2) is 7.26. The van der Waals surface area contributed by atoms with Crippen LogP contribution in [0.15, 0.2) is 0 Å². The zero-order valence-electron chi connectivity index (χ0n) is 14.4. The number of hydrogen-bond donors (Lipinski definition) is 1. The summed E-state index contributed by atoms with van der Waals surface area (Å²) in [5.41, 5.74) is 0. The van der Waals surface area contributed by atoms with Crippen LogP contribution in [0.3, 0.4) is 0 Å². The highest BCUT2D eigenvalue weighted by atomic mass is 15.2. The summed E-state index contributed by atoms with van der Waals surface area (Å²) in [5.74, 6) is 3.45. The maximum absolute atomic E-state index is 3.83. The second-order valence-corrected chi connectivity index (χ2v) is 7.83. The molecule has 5 unspecified atom stereocenters. The van der Waals surface area contributed by atoms with E-state index in [0.717, 1.165) is 29.7 Å². The minimum absolute atomic E-state index is 0.701. The van der Waals surface area contributed by atoms with Crippen molar-refractivity contribution in [1.29, 1.82) is 0 Å². The van der Waals surface area contributed by atoms with Crippen molar-refractivity contribution in [3.63, 3.8) is 0 Å². The maximum Gasteiger partial charge on any atom is 0.0244 e. The third kappa shape index (κ3) is 3.76. The molecule has 1 aliphatic carbocycles. The van der Waals surface area contributed by atoms with Gasteiger partial charge in [0.15, 0.2) is 0 Å². The van der Waals surface area contributed by atoms with Crippen molar-refractivity contribution in [2.24, 2.45) is 23.7 Å². The van der Waals surface area contributed by atoms with Gasteiger partial charge in [-0.1, -0.05) is 53.9 Å². The average molecular weight is 280 g/mol. The van der Waals surface area contributed by atoms with E-state index in [1.807, 2.05) is 0 Å². The Morgan fingerprint density at radius 1 is 1.20 bits per heavy atom. The van der Waals surface area contributed by atoms with Crippen molar-refractivity contribution in [3.05, 3.63) is 0 Å². The summed E-state index contributed by atoms with van der Waals surface area (Å²) in [6, 6.07) is 1.44. The van der Waals surface area contributed by atoms with Gasteiger partial charge in [0.25, 0.3) is 0 Å². The number of hydrogen-bond acceptors (Lipinski definition) is 2. The molecular weight excluding hydrogens is 244 g/mol. The Balaban J connectivity index is 1.99. The normalized spacial score (nSPS) is 37.5. The van der Waals surface area contributed by atoms with Crippen molar-refractivity contribution >= 4 is 0 Å². The minimum atomic E-state index is 0.701. The summed E-state index contributed by atoms with van der Waals surface area (Å²) < 4.78 is 0. The van der Waals surface area contributed by atoms with Gasteiger partial charge >= 0.3 is 0 Å². The van der Waals surface area contributed by atoms with E-state index in [4.69, 9.17) is 0 Å². The molecule has 1 N–H and O–H groups in total. The molecule has 2 nitrogen and oxygen atoms in total. The molecule has 0 aromatic rings. The third-order valence-electron chi connectivity index (χ3n) is 6.10. The number of piperazine rings is 1. The van der Waals surface area contributed by atoms with Crippen molar-refractivity contribution in [2.45, 2.75) is 72.4 Å². The zero-order valence-corrected chi connectivity index (χ0v) is 14.4. The van der Waals surface area contributed by atoms with Crippen LogP contribution in [0.25, 0.3) is 0 Å². The molecular formula is C18H36N2. The highest BCUT2D eigenvalue weighted by Crippen LogP contribution is 2.33. The van der Waals surface area contributed by atoms with Gasteiger partial charge in [0.2, 0.25) is 0 Å². The Hall–Kier alpha value is -0.0800. The first-order chi connectivity index (χ1) is 9.52. The van der Waals surface area contributed by atoms with Crippen molar-refractivity contribution in [2.75, 3.05) is 19.6 Å². The lowest BCUT2D eigenvalue weighted by atomic mass is 9.89. The Morgan fingerprint density at radius 2 is 1.95 bits per heavy atom. The van der Waals surface area contributed by atoms with Gasteiger partial charge in [-0.15, -0.1) is 0 Å². The first-order valence-electron chi connectivity index (χ1n) is 9.00. The Bertz CT molecular complexity index is 289. The second-order valence-electron chi connectivity index (χ2n) is 7.83. The van der Waals surface area contributed by atoms with E-state index in [-0.39, 0.29) is 0 Å². The smallest absolute Gasteiger partial charge is 0.0244 e. The summed E-state index contributed by atoms with van der Waals surface area (Å²) in [6.07, 6.45) is 5.67. The molecule has 20 heavy (non-hydrogen) atoms. The molecule has 0 aromatic heterocycles. The van der Waals surface area contributed by atoms with Crippen LogP contribution in [0, 0.1) is 23.7 Å². The van der Waals surface area contributed by atoms with E-state index in [1.54, 1.807) is 0 Å². The molecule has 2 aliphatic rings. The molecule has 2 heteroatoms. The van der Waals surface area contributed by atoms with Gasteiger partial charge in [-0.05, 0) is 30.1 Å². The van der Waals surface area contributed by atoms with Crippen LogP contribution in [-0.2, 0) is 0 Å². The van der Waals surface area contributed by atoms with E-state index < -0.39 is 0 Å². The molecule has 1 aliphatic heterocycles. The molecule has 2 rings (SSSR count). The Morgan fingerprint density at radius 3 is 2.50 bits per heavy atom. The fourth-order valence-electron chi connectivity index (χ4n) is 4.18. The van der Waals surface area contributed by atoms with Gasteiger partial charge in [-0.25, -0.2) is 0 Å². The van der Waals surface area contributed by atoms with Crippen LogP contribution in [0.1, 0.15) is 60.3 Å². The van der Waals surface area contributed by atoms with E-state index in [1.165, 1.54) is 45.3 Å². The molecule has 2 fully saturated rings. The lowest BCUT2D eigenvalue weighted by Gasteiger charge is -2.45. The predicted molar refractivity (Wildman–Crippen MR) is 87.9 cm³/mol. The monoisotopic (exact) mass is 280 g/mol. The van der Waals surface area contributed by atoms with Crippen LogP contribution >= 0.6 is 0 Å². The molecule has 0 aromatic carbocycles. The van der Waals surface area contributed by atoms with E-state index in [0.29, 0.717) is 6.04 Å². The van der Waals surface area contributed by atoms with E-state index in [2.05, 4.69) is 44.8 Å². The number of nitrogens with zero attached hydrogens (tertiary/aromatic N) is 1. The predicted octanol–water partition coefficient (Wildman–Crippen LogP) is 3.77. The van der Waals surface area contributed by atoms with Gasteiger partial charge < -0.3 is 5.32 Å². The van der Waals surface area contributed by atoms with Crippen molar-refractivity contribution in [1.82, 2.24) is 10.2 Å². The number of nitrogens with one attached hydrogen (secondary N) is 1. The van der Waals surface area contributed by atoms with Crippen molar-refractivity contribution in [3.8, 4) is 0 Å². The molecule has 1 saturated carbocycles. The summed E-state index contributed by atoms with van der Waals surface area (Å²) in [6.45, 7) is 15.8. The largest absolute Gasteiger partial charge is 0.311 e. The molecule has 5 atom stereocenters. The maximum atomic E-state index is 3.83. The molecule has 0 amide bonds. The van der Waals surface area contributed by atoms with E-state index in [9.17, 15) is 0 Å². The molecule has 0 spiro atoms. The summed E-state index contributed by atoms with van der Waals surface area (Å²) >= 11 is 0. The molecule has 0 bridgehead atoms. The van der Waals surface area contributed by atoms with Crippen molar-refractivity contribution < 1.29 is 0 Å². The van der Waals surface area contributed by atoms with Gasteiger partial charge in [-0.2, -0.15) is 0 Å². The zero-order chi connectivity index (χ0) is 14.7. The highest BCUT2D eigenvalue weighted by Gasteiger charge is 2.34. The lowest BCUT2D eigenvalue weighted by Crippen LogP contribution is -2.60. The number of rotatable bonds is 5. The average Bonchev–Trinajstić information content (AvgIpc) is 2.83. The van der Waals surface area contributed by atoms with Crippen LogP contribution < -0.4 is 5.32 Å². The summed E-state index contributed by atoms with van der Waals surface area (Å²) in [4.78, 5) is 2.84. The van der Waals surface area contributed by atoms with Crippen LogP contribution in [0.4, 0.5) is 0 Å². The summed E-state index contributed by atoms with van der Waals surface area (Å²) in [7, 11) is 0. The lowest BCUT2D eigenvalue weighted by molar-refractivity contribution is 0.0621. The minimum Gasteiger partial charge on any atom is -0.311 e. The molecule has 1 heterocycles. The molecule has 0 radical (unpaired) electrons. The van der Waals surface area contributed by atoms with Crippen LogP contribution in [0.5, 0.6) is 0 Å². The standard InChI is InChI=1S/C18H36N2/c1-6-14(4)17-12-20(18(10-19-17)13(2)3)11-16-9-7-8-15(16)5/h13-19H,6-12H2,1-5H3. The van der Waals surface area contributed by atoms with Crippen LogP contribution in [-0.4, -0.2) is 36.6 Å². The molecule has 118 valence electrons. The summed E-state index contributed by atoms with van der Waals surface area (Å²) in [5, 5.41) is 3.83. The third-order valence-corrected chi connectivity index (χ3v) is 6.10. The Labute approximate surface area is 126 Å². The first kappa shape index (κ1) is 16.3. The first-order valence-corrected chi connectivity index (χ1v) is 9.00. The molecule has 1 saturated heterocycles.